The van der Waals surface area contributed by atoms with Crippen molar-refractivity contribution in [3.63, 3.8) is 0 Å². The lowest BCUT2D eigenvalue weighted by Gasteiger charge is -2.21. The van der Waals surface area contributed by atoms with Crippen LogP contribution in [0.2, 0.25) is 0 Å². The molecule has 0 heterocycles. The molecule has 4 nitrogen and oxygen atoms in total. The maximum absolute atomic E-state index is 11.2. The number of nitrogens with two attached hydrogens (primary N) is 1. The number of nitrogens with zero attached hydrogens (tertiary/aromatic N) is 1. The van der Waals surface area contributed by atoms with E-state index >= 15 is 0 Å². The van der Waals surface area contributed by atoms with Crippen LogP contribution in [-0.2, 0) is 6.54 Å². The summed E-state index contributed by atoms with van der Waals surface area (Å²) < 4.78 is 0. The highest BCUT2D eigenvalue weighted by Gasteiger charge is 2.28. The third kappa shape index (κ3) is 2.58. The van der Waals surface area contributed by atoms with Gasteiger partial charge in [0.2, 0.25) is 0 Å². The number of carbonyl (C=O) groups is 1. The Bertz CT molecular complexity index is 427. The highest BCUT2D eigenvalue weighted by atomic mass is 16.4. The predicted molar refractivity (Wildman–Crippen MR) is 66.9 cm³/mol. The summed E-state index contributed by atoms with van der Waals surface area (Å²) in [5, 5.41) is 9.19. The van der Waals surface area contributed by atoms with E-state index in [1.807, 2.05) is 12.1 Å². The molecule has 0 saturated heterocycles. The summed E-state index contributed by atoms with van der Waals surface area (Å²) in [5.74, 6) is -0.940. The molecule has 0 aliphatic heterocycles. The SMILES string of the molecule is CCN(Cc1cccc(N)c1C(=O)O)C1CC1. The molecule has 1 aliphatic carbocycles. The molecule has 0 aromatic heterocycles. The Balaban J connectivity index is 2.24. The van der Waals surface area contributed by atoms with Gasteiger partial charge in [-0.25, -0.2) is 4.79 Å². The zero-order valence-corrected chi connectivity index (χ0v) is 10.0. The Hall–Kier alpha value is -1.55. The van der Waals surface area contributed by atoms with E-state index in [0.717, 1.165) is 12.1 Å². The first kappa shape index (κ1) is 11.9. The van der Waals surface area contributed by atoms with Crippen LogP contribution in [0.5, 0.6) is 0 Å². The van der Waals surface area contributed by atoms with Crippen LogP contribution < -0.4 is 5.73 Å². The number of nitrogen functional groups attached to an aromatic ring is 1. The molecule has 1 aromatic rings. The van der Waals surface area contributed by atoms with Crippen LogP contribution in [0.25, 0.3) is 0 Å². The minimum atomic E-state index is -0.940. The van der Waals surface area contributed by atoms with Crippen molar-refractivity contribution in [2.75, 3.05) is 12.3 Å². The minimum absolute atomic E-state index is 0.256. The number of aromatic carboxylic acids is 1. The molecule has 0 bridgehead atoms. The van der Waals surface area contributed by atoms with Crippen molar-refractivity contribution < 1.29 is 9.90 Å². The highest BCUT2D eigenvalue weighted by molar-refractivity contribution is 5.95. The van der Waals surface area contributed by atoms with Crippen molar-refractivity contribution in [3.05, 3.63) is 29.3 Å². The summed E-state index contributed by atoms with van der Waals surface area (Å²) in [7, 11) is 0. The molecule has 1 fully saturated rings. The molecule has 0 spiro atoms. The topological polar surface area (TPSA) is 66.6 Å². The zero-order valence-electron chi connectivity index (χ0n) is 10.0. The number of carboxylic acids is 1. The van der Waals surface area contributed by atoms with Crippen molar-refractivity contribution in [2.24, 2.45) is 0 Å². The summed E-state index contributed by atoms with van der Waals surface area (Å²) in [6, 6.07) is 5.94. The van der Waals surface area contributed by atoms with Crippen molar-refractivity contribution in [3.8, 4) is 0 Å². The largest absolute Gasteiger partial charge is 0.478 e. The lowest BCUT2D eigenvalue weighted by molar-refractivity contribution is 0.0695. The van der Waals surface area contributed by atoms with Gasteiger partial charge >= 0.3 is 5.97 Å². The van der Waals surface area contributed by atoms with Gasteiger partial charge in [-0.15, -0.1) is 0 Å². The molecular weight excluding hydrogens is 216 g/mol. The number of anilines is 1. The third-order valence-electron chi connectivity index (χ3n) is 3.24. The van der Waals surface area contributed by atoms with Crippen LogP contribution in [0, 0.1) is 0 Å². The van der Waals surface area contributed by atoms with Gasteiger partial charge in [-0.05, 0) is 31.0 Å². The quantitative estimate of drug-likeness (QED) is 0.764. The third-order valence-corrected chi connectivity index (χ3v) is 3.24. The van der Waals surface area contributed by atoms with Gasteiger partial charge in [-0.1, -0.05) is 19.1 Å². The molecule has 17 heavy (non-hydrogen) atoms. The van der Waals surface area contributed by atoms with Crippen LogP contribution in [0.3, 0.4) is 0 Å². The summed E-state index contributed by atoms with van der Waals surface area (Å²) in [6.07, 6.45) is 2.44. The molecule has 3 N–H and O–H groups in total. The van der Waals surface area contributed by atoms with Gasteiger partial charge in [0.25, 0.3) is 0 Å². The number of hydrogen-bond acceptors (Lipinski definition) is 3. The Morgan fingerprint density at radius 2 is 2.24 bits per heavy atom. The fraction of sp³-hybridized carbons (Fsp3) is 0.462. The Morgan fingerprint density at radius 1 is 1.53 bits per heavy atom. The molecule has 4 heteroatoms. The van der Waals surface area contributed by atoms with E-state index in [4.69, 9.17) is 5.73 Å². The zero-order chi connectivity index (χ0) is 12.4. The lowest BCUT2D eigenvalue weighted by Crippen LogP contribution is -2.26. The molecule has 0 radical (unpaired) electrons. The van der Waals surface area contributed by atoms with E-state index in [1.165, 1.54) is 12.8 Å². The van der Waals surface area contributed by atoms with E-state index in [2.05, 4.69) is 11.8 Å². The van der Waals surface area contributed by atoms with E-state index < -0.39 is 5.97 Å². The Kier molecular flexibility index (Phi) is 3.33. The first-order chi connectivity index (χ1) is 8.13. The smallest absolute Gasteiger partial charge is 0.338 e. The monoisotopic (exact) mass is 234 g/mol. The van der Waals surface area contributed by atoms with E-state index in [0.29, 0.717) is 18.3 Å². The summed E-state index contributed by atoms with van der Waals surface area (Å²) >= 11 is 0. The average Bonchev–Trinajstić information content (AvgIpc) is 3.09. The molecule has 0 atom stereocenters. The van der Waals surface area contributed by atoms with E-state index in [1.54, 1.807) is 6.07 Å². The van der Waals surface area contributed by atoms with E-state index in [-0.39, 0.29) is 5.56 Å². The van der Waals surface area contributed by atoms with Gasteiger partial charge in [0.1, 0.15) is 0 Å². The van der Waals surface area contributed by atoms with Crippen molar-refractivity contribution in [2.45, 2.75) is 32.4 Å². The molecule has 1 saturated carbocycles. The number of carboxylic acid groups (broad SMARTS) is 1. The first-order valence-electron chi connectivity index (χ1n) is 5.98. The summed E-state index contributed by atoms with van der Waals surface area (Å²) in [5.41, 5.74) is 7.15. The van der Waals surface area contributed by atoms with Crippen LogP contribution in [-0.4, -0.2) is 28.6 Å². The molecule has 0 amide bonds. The standard InChI is InChI=1S/C13H18N2O2/c1-2-15(10-6-7-10)8-9-4-3-5-11(14)12(9)13(16)17/h3-5,10H,2,6-8,14H2,1H3,(H,16,17). The van der Waals surface area contributed by atoms with Gasteiger partial charge in [0.05, 0.1) is 5.56 Å². The van der Waals surface area contributed by atoms with Crippen molar-refractivity contribution in [1.82, 2.24) is 4.90 Å². The number of rotatable bonds is 5. The van der Waals surface area contributed by atoms with Gasteiger partial charge < -0.3 is 10.8 Å². The van der Waals surface area contributed by atoms with Gasteiger partial charge in [0, 0.05) is 18.3 Å². The fourth-order valence-electron chi connectivity index (χ4n) is 2.17. The molecule has 1 aliphatic rings. The Morgan fingerprint density at radius 3 is 2.76 bits per heavy atom. The van der Waals surface area contributed by atoms with Crippen molar-refractivity contribution in [1.29, 1.82) is 0 Å². The molecular formula is C13H18N2O2. The normalized spacial score (nSPS) is 15.2. The molecule has 92 valence electrons. The second-order valence-corrected chi connectivity index (χ2v) is 4.48. The van der Waals surface area contributed by atoms with Gasteiger partial charge in [-0.3, -0.25) is 4.90 Å². The summed E-state index contributed by atoms with van der Waals surface area (Å²) in [6.45, 7) is 3.72. The van der Waals surface area contributed by atoms with Crippen molar-refractivity contribution >= 4 is 11.7 Å². The molecule has 2 rings (SSSR count). The maximum Gasteiger partial charge on any atom is 0.338 e. The van der Waals surface area contributed by atoms with Crippen LogP contribution >= 0.6 is 0 Å². The molecule has 1 aromatic carbocycles. The second-order valence-electron chi connectivity index (χ2n) is 4.48. The molecule has 0 unspecified atom stereocenters. The number of hydrogen-bond donors (Lipinski definition) is 2. The maximum atomic E-state index is 11.2. The van der Waals surface area contributed by atoms with Gasteiger partial charge in [-0.2, -0.15) is 0 Å². The lowest BCUT2D eigenvalue weighted by atomic mass is 10.0. The first-order valence-corrected chi connectivity index (χ1v) is 5.98. The minimum Gasteiger partial charge on any atom is -0.478 e. The van der Waals surface area contributed by atoms with E-state index in [9.17, 15) is 9.90 Å². The Labute approximate surface area is 101 Å². The van der Waals surface area contributed by atoms with Crippen LogP contribution in [0.4, 0.5) is 5.69 Å². The fourth-order valence-corrected chi connectivity index (χ4v) is 2.17. The second kappa shape index (κ2) is 4.75. The highest BCUT2D eigenvalue weighted by Crippen LogP contribution is 2.29. The summed E-state index contributed by atoms with van der Waals surface area (Å²) in [4.78, 5) is 13.5. The average molecular weight is 234 g/mol. The van der Waals surface area contributed by atoms with Gasteiger partial charge in [0.15, 0.2) is 0 Å². The number of benzene rings is 1. The van der Waals surface area contributed by atoms with Crippen LogP contribution in [0.15, 0.2) is 18.2 Å². The van der Waals surface area contributed by atoms with Crippen LogP contribution in [0.1, 0.15) is 35.7 Å². The predicted octanol–water partition coefficient (Wildman–Crippen LogP) is 1.95.